The van der Waals surface area contributed by atoms with Crippen molar-refractivity contribution in [3.05, 3.63) is 69.3 Å². The van der Waals surface area contributed by atoms with Crippen molar-refractivity contribution in [3.8, 4) is 0 Å². The number of alkyl halides is 1. The highest BCUT2D eigenvalue weighted by Gasteiger charge is 2.13. The van der Waals surface area contributed by atoms with Crippen LogP contribution in [0.15, 0.2) is 54.6 Å². The van der Waals surface area contributed by atoms with Crippen LogP contribution in [0.1, 0.15) is 15.9 Å². The molecule has 20 heavy (non-hydrogen) atoms. The van der Waals surface area contributed by atoms with E-state index in [-0.39, 0.29) is 11.9 Å². The maximum Gasteiger partial charge on any atom is 0.251 e. The van der Waals surface area contributed by atoms with Gasteiger partial charge in [0.25, 0.3) is 5.91 Å². The lowest BCUT2D eigenvalue weighted by molar-refractivity contribution is 0.0941. The SMILES string of the molecule is O=C(NC(CBr)Cc1ccccc1)c1ccc(I)cc1. The van der Waals surface area contributed by atoms with E-state index >= 15 is 0 Å². The van der Waals surface area contributed by atoms with Crippen LogP contribution in [-0.4, -0.2) is 17.3 Å². The van der Waals surface area contributed by atoms with Gasteiger partial charge in [0.05, 0.1) is 0 Å². The molecule has 2 rings (SSSR count). The van der Waals surface area contributed by atoms with E-state index in [1.54, 1.807) is 0 Å². The van der Waals surface area contributed by atoms with Crippen LogP contribution in [0.5, 0.6) is 0 Å². The Morgan fingerprint density at radius 3 is 2.35 bits per heavy atom. The molecule has 0 aromatic heterocycles. The second-order valence-electron chi connectivity index (χ2n) is 4.52. The Morgan fingerprint density at radius 1 is 1.10 bits per heavy atom. The highest BCUT2D eigenvalue weighted by molar-refractivity contribution is 14.1. The van der Waals surface area contributed by atoms with Gasteiger partial charge in [-0.1, -0.05) is 46.3 Å². The van der Waals surface area contributed by atoms with Crippen molar-refractivity contribution >= 4 is 44.4 Å². The minimum absolute atomic E-state index is 0.0261. The van der Waals surface area contributed by atoms with E-state index in [4.69, 9.17) is 0 Å². The van der Waals surface area contributed by atoms with E-state index in [1.165, 1.54) is 5.56 Å². The van der Waals surface area contributed by atoms with Crippen LogP contribution in [-0.2, 0) is 6.42 Å². The molecule has 0 radical (unpaired) electrons. The normalized spacial score (nSPS) is 11.9. The fourth-order valence-corrected chi connectivity index (χ4v) is 2.66. The van der Waals surface area contributed by atoms with Gasteiger partial charge in [0.1, 0.15) is 0 Å². The second kappa shape index (κ2) is 7.78. The van der Waals surface area contributed by atoms with Crippen molar-refractivity contribution in [1.82, 2.24) is 5.32 Å². The number of carbonyl (C=O) groups excluding carboxylic acids is 1. The van der Waals surface area contributed by atoms with E-state index in [2.05, 4.69) is 56.0 Å². The predicted octanol–water partition coefficient (Wildman–Crippen LogP) is 4.03. The number of hydrogen-bond donors (Lipinski definition) is 1. The van der Waals surface area contributed by atoms with Gasteiger partial charge in [-0.25, -0.2) is 0 Å². The lowest BCUT2D eigenvalue weighted by Gasteiger charge is -2.16. The number of halogens is 2. The minimum atomic E-state index is -0.0261. The van der Waals surface area contributed by atoms with E-state index in [1.807, 2.05) is 42.5 Å². The van der Waals surface area contributed by atoms with Gasteiger partial charge < -0.3 is 5.32 Å². The van der Waals surface area contributed by atoms with Crippen molar-refractivity contribution in [2.24, 2.45) is 0 Å². The molecule has 2 aromatic rings. The molecule has 0 saturated heterocycles. The molecule has 0 aliphatic rings. The molecule has 0 aliphatic heterocycles. The zero-order valence-corrected chi connectivity index (χ0v) is 14.6. The smallest absolute Gasteiger partial charge is 0.251 e. The molecule has 104 valence electrons. The monoisotopic (exact) mass is 443 g/mol. The quantitative estimate of drug-likeness (QED) is 0.548. The fourth-order valence-electron chi connectivity index (χ4n) is 1.91. The van der Waals surface area contributed by atoms with Crippen LogP contribution >= 0.6 is 38.5 Å². The molecule has 0 heterocycles. The summed E-state index contributed by atoms with van der Waals surface area (Å²) in [5, 5.41) is 3.80. The third-order valence-electron chi connectivity index (χ3n) is 2.95. The van der Waals surface area contributed by atoms with Crippen molar-refractivity contribution < 1.29 is 4.79 Å². The third-order valence-corrected chi connectivity index (χ3v) is 4.45. The topological polar surface area (TPSA) is 29.1 Å². The molecule has 2 nitrogen and oxygen atoms in total. The molecule has 0 spiro atoms. The van der Waals surface area contributed by atoms with E-state index < -0.39 is 0 Å². The summed E-state index contributed by atoms with van der Waals surface area (Å²) in [4.78, 5) is 12.2. The average Bonchev–Trinajstić information content (AvgIpc) is 2.48. The van der Waals surface area contributed by atoms with Gasteiger partial charge >= 0.3 is 0 Å². The van der Waals surface area contributed by atoms with Crippen molar-refractivity contribution in [1.29, 1.82) is 0 Å². The molecule has 1 N–H and O–H groups in total. The first-order chi connectivity index (χ1) is 9.69. The van der Waals surface area contributed by atoms with E-state index in [0.717, 1.165) is 15.3 Å². The Bertz CT molecular complexity index is 556. The van der Waals surface area contributed by atoms with Gasteiger partial charge in [0.2, 0.25) is 0 Å². The number of nitrogens with one attached hydrogen (secondary N) is 1. The van der Waals surface area contributed by atoms with Gasteiger partial charge in [-0.05, 0) is 58.8 Å². The maximum atomic E-state index is 12.2. The van der Waals surface area contributed by atoms with Crippen LogP contribution in [0.2, 0.25) is 0 Å². The number of amides is 1. The van der Waals surface area contributed by atoms with Crippen LogP contribution in [0.4, 0.5) is 0 Å². The van der Waals surface area contributed by atoms with Crippen LogP contribution < -0.4 is 5.32 Å². The van der Waals surface area contributed by atoms with Gasteiger partial charge in [0.15, 0.2) is 0 Å². The zero-order valence-electron chi connectivity index (χ0n) is 10.9. The van der Waals surface area contributed by atoms with Crippen molar-refractivity contribution in [2.75, 3.05) is 5.33 Å². The van der Waals surface area contributed by atoms with Gasteiger partial charge in [-0.2, -0.15) is 0 Å². The Kier molecular flexibility index (Phi) is 6.04. The summed E-state index contributed by atoms with van der Waals surface area (Å²) in [6.07, 6.45) is 0.822. The number of benzene rings is 2. The summed E-state index contributed by atoms with van der Waals surface area (Å²) in [5.41, 5.74) is 1.92. The first-order valence-electron chi connectivity index (χ1n) is 6.35. The molecule has 0 aliphatic carbocycles. The number of rotatable bonds is 5. The fraction of sp³-hybridized carbons (Fsp3) is 0.188. The van der Waals surface area contributed by atoms with Crippen molar-refractivity contribution in [3.63, 3.8) is 0 Å². The van der Waals surface area contributed by atoms with Crippen LogP contribution in [0.3, 0.4) is 0 Å². The summed E-state index contributed by atoms with van der Waals surface area (Å²) < 4.78 is 1.13. The molecule has 2 aromatic carbocycles. The minimum Gasteiger partial charge on any atom is -0.348 e. The van der Waals surface area contributed by atoms with Crippen LogP contribution in [0.25, 0.3) is 0 Å². The van der Waals surface area contributed by atoms with E-state index in [0.29, 0.717) is 5.56 Å². The Labute approximate surface area is 141 Å². The highest BCUT2D eigenvalue weighted by atomic mass is 127. The molecule has 1 atom stereocenters. The highest BCUT2D eigenvalue weighted by Crippen LogP contribution is 2.09. The lowest BCUT2D eigenvalue weighted by atomic mass is 10.1. The molecule has 0 fully saturated rings. The standard InChI is InChI=1S/C16H15BrINO/c17-11-15(10-12-4-2-1-3-5-12)19-16(20)13-6-8-14(18)9-7-13/h1-9,15H,10-11H2,(H,19,20). The summed E-state index contributed by atoms with van der Waals surface area (Å²) >= 11 is 5.70. The molecule has 4 heteroatoms. The van der Waals surface area contributed by atoms with Crippen LogP contribution in [0, 0.1) is 3.57 Å². The molecule has 0 saturated carbocycles. The number of hydrogen-bond acceptors (Lipinski definition) is 1. The summed E-state index contributed by atoms with van der Waals surface area (Å²) in [6.45, 7) is 0. The zero-order chi connectivity index (χ0) is 14.4. The summed E-state index contributed by atoms with van der Waals surface area (Å²) in [6, 6.07) is 17.9. The molecule has 1 amide bonds. The predicted molar refractivity (Wildman–Crippen MR) is 94.4 cm³/mol. The van der Waals surface area contributed by atoms with Gasteiger partial charge in [-0.3, -0.25) is 4.79 Å². The first kappa shape index (κ1) is 15.5. The largest absolute Gasteiger partial charge is 0.348 e. The molecule has 1 unspecified atom stereocenters. The average molecular weight is 444 g/mol. The maximum absolute atomic E-state index is 12.2. The Morgan fingerprint density at radius 2 is 1.75 bits per heavy atom. The molecular weight excluding hydrogens is 429 g/mol. The Hall–Kier alpha value is -0.880. The second-order valence-corrected chi connectivity index (χ2v) is 6.41. The van der Waals surface area contributed by atoms with Gasteiger partial charge in [-0.15, -0.1) is 0 Å². The summed E-state index contributed by atoms with van der Waals surface area (Å²) in [5.74, 6) is -0.0261. The molecular formula is C16H15BrINO. The summed E-state index contributed by atoms with van der Waals surface area (Å²) in [7, 11) is 0. The first-order valence-corrected chi connectivity index (χ1v) is 8.55. The van der Waals surface area contributed by atoms with Crippen molar-refractivity contribution in [2.45, 2.75) is 12.5 Å². The van der Waals surface area contributed by atoms with E-state index in [9.17, 15) is 4.79 Å². The number of carbonyl (C=O) groups is 1. The lowest BCUT2D eigenvalue weighted by Crippen LogP contribution is -2.37. The van der Waals surface area contributed by atoms with Gasteiger partial charge in [0, 0.05) is 20.5 Å². The Balaban J connectivity index is 1.99. The third kappa shape index (κ3) is 4.59. The molecule has 0 bridgehead atoms.